The molecule has 0 aromatic carbocycles. The standard InChI is InChI=1S/C10H16N2O3S.3C2H4/c13-8(14)4-2-1-3-7-9-6(5-16-7)11-10(15)12-9;3*1-2/h6-7,9H,1-5H2,(H,13,14)(H2,11,12,15);3*1-2H2/t6-,7-,9-;;;/m0.../s1. The molecule has 2 heterocycles. The second-order valence-electron chi connectivity index (χ2n) is 4.26. The van der Waals surface area contributed by atoms with E-state index >= 15 is 0 Å². The first-order chi connectivity index (χ1) is 10.7. The smallest absolute Gasteiger partial charge is 0.315 e. The van der Waals surface area contributed by atoms with Gasteiger partial charge in [0.15, 0.2) is 0 Å². The third-order valence-electron chi connectivity index (χ3n) is 3.07. The molecule has 3 atom stereocenters. The van der Waals surface area contributed by atoms with Crippen LogP contribution < -0.4 is 10.6 Å². The van der Waals surface area contributed by atoms with Gasteiger partial charge in [-0.15, -0.1) is 39.5 Å². The van der Waals surface area contributed by atoms with Gasteiger partial charge in [-0.2, -0.15) is 11.8 Å². The predicted molar refractivity (Wildman–Crippen MR) is 95.4 cm³/mol. The number of carbonyl (C=O) groups excluding carboxylic acids is 1. The molecule has 0 radical (unpaired) electrons. The number of hydrogen-bond donors (Lipinski definition) is 3. The molecule has 0 aliphatic carbocycles. The number of thioether (sulfide) groups is 1. The van der Waals surface area contributed by atoms with Gasteiger partial charge in [0.25, 0.3) is 0 Å². The Morgan fingerprint density at radius 2 is 1.73 bits per heavy atom. The molecule has 0 aromatic heterocycles. The van der Waals surface area contributed by atoms with E-state index in [4.69, 9.17) is 5.11 Å². The number of aliphatic carboxylic acids is 1. The van der Waals surface area contributed by atoms with Crippen molar-refractivity contribution in [2.45, 2.75) is 43.0 Å². The van der Waals surface area contributed by atoms with Crippen molar-refractivity contribution in [3.05, 3.63) is 39.5 Å². The van der Waals surface area contributed by atoms with Crippen LogP contribution in [0.3, 0.4) is 0 Å². The summed E-state index contributed by atoms with van der Waals surface area (Å²) in [5, 5.41) is 14.8. The lowest BCUT2D eigenvalue weighted by Crippen LogP contribution is -2.36. The minimum Gasteiger partial charge on any atom is -0.481 e. The summed E-state index contributed by atoms with van der Waals surface area (Å²) < 4.78 is 0. The number of urea groups is 1. The summed E-state index contributed by atoms with van der Waals surface area (Å²) >= 11 is 1.87. The van der Waals surface area contributed by atoms with Gasteiger partial charge >= 0.3 is 12.0 Å². The van der Waals surface area contributed by atoms with E-state index in [-0.39, 0.29) is 24.5 Å². The molecular formula is C16H28N2O3S. The molecule has 2 aliphatic heterocycles. The molecule has 2 aliphatic rings. The van der Waals surface area contributed by atoms with E-state index in [0.717, 1.165) is 25.0 Å². The summed E-state index contributed by atoms with van der Waals surface area (Å²) in [6.07, 6.45) is 2.88. The minimum absolute atomic E-state index is 0.0640. The number of unbranched alkanes of at least 4 members (excludes halogenated alkanes) is 1. The molecule has 2 rings (SSSR count). The number of hydrogen-bond acceptors (Lipinski definition) is 3. The fraction of sp³-hybridized carbons (Fsp3) is 0.500. The normalized spacial score (nSPS) is 23.8. The topological polar surface area (TPSA) is 78.4 Å². The van der Waals surface area contributed by atoms with Crippen LogP contribution in [-0.4, -0.2) is 40.2 Å². The summed E-state index contributed by atoms with van der Waals surface area (Å²) in [6.45, 7) is 18.0. The van der Waals surface area contributed by atoms with E-state index in [1.807, 2.05) is 11.8 Å². The maximum absolute atomic E-state index is 11.1. The first-order valence-electron chi connectivity index (χ1n) is 7.07. The maximum atomic E-state index is 11.1. The van der Waals surface area contributed by atoms with Crippen molar-refractivity contribution in [2.24, 2.45) is 0 Å². The van der Waals surface area contributed by atoms with Gasteiger partial charge in [0.05, 0.1) is 12.1 Å². The van der Waals surface area contributed by atoms with Gasteiger partial charge in [0.1, 0.15) is 0 Å². The first-order valence-corrected chi connectivity index (χ1v) is 8.12. The van der Waals surface area contributed by atoms with E-state index in [0.29, 0.717) is 5.25 Å². The highest BCUT2D eigenvalue weighted by Gasteiger charge is 2.42. The van der Waals surface area contributed by atoms with Crippen molar-refractivity contribution in [1.82, 2.24) is 10.6 Å². The van der Waals surface area contributed by atoms with Gasteiger partial charge in [0, 0.05) is 17.4 Å². The Hall–Kier alpha value is -1.69. The number of carboxylic acid groups (broad SMARTS) is 1. The van der Waals surface area contributed by atoms with E-state index in [1.165, 1.54) is 0 Å². The molecule has 6 heteroatoms. The molecule has 0 saturated carbocycles. The Bertz CT molecular complexity index is 335. The van der Waals surface area contributed by atoms with Gasteiger partial charge < -0.3 is 15.7 Å². The van der Waals surface area contributed by atoms with Crippen LogP contribution >= 0.6 is 11.8 Å². The zero-order valence-electron chi connectivity index (χ0n) is 13.2. The monoisotopic (exact) mass is 328 g/mol. The number of carboxylic acids is 1. The highest BCUT2D eigenvalue weighted by molar-refractivity contribution is 8.00. The van der Waals surface area contributed by atoms with Gasteiger partial charge in [-0.25, -0.2) is 4.79 Å². The fourth-order valence-electron chi connectivity index (χ4n) is 2.26. The molecular weight excluding hydrogens is 300 g/mol. The molecule has 2 amide bonds. The number of nitrogens with one attached hydrogen (secondary N) is 2. The molecule has 0 bridgehead atoms. The summed E-state index contributed by atoms with van der Waals surface area (Å²) in [5.41, 5.74) is 0. The van der Waals surface area contributed by atoms with Crippen LogP contribution in [0.4, 0.5) is 4.79 Å². The molecule has 22 heavy (non-hydrogen) atoms. The van der Waals surface area contributed by atoms with Crippen LogP contribution in [-0.2, 0) is 4.79 Å². The van der Waals surface area contributed by atoms with E-state index in [2.05, 4.69) is 50.1 Å². The van der Waals surface area contributed by atoms with Crippen molar-refractivity contribution in [3.8, 4) is 0 Å². The van der Waals surface area contributed by atoms with Crippen LogP contribution in [0.25, 0.3) is 0 Å². The van der Waals surface area contributed by atoms with E-state index in [1.54, 1.807) is 0 Å². The second kappa shape index (κ2) is 14.3. The van der Waals surface area contributed by atoms with Crippen LogP contribution in [0, 0.1) is 0 Å². The van der Waals surface area contributed by atoms with E-state index < -0.39 is 5.97 Å². The summed E-state index contributed by atoms with van der Waals surface area (Å²) in [5.74, 6) is 0.236. The Morgan fingerprint density at radius 1 is 1.14 bits per heavy atom. The Morgan fingerprint density at radius 3 is 2.27 bits per heavy atom. The summed E-state index contributed by atoms with van der Waals surface area (Å²) in [6, 6.07) is 0.440. The third-order valence-corrected chi connectivity index (χ3v) is 4.58. The Kier molecular flexibility index (Phi) is 14.6. The number of carbonyl (C=O) groups is 2. The van der Waals surface area contributed by atoms with Crippen molar-refractivity contribution < 1.29 is 14.7 Å². The Labute approximate surface area is 137 Å². The Balaban J connectivity index is 0. The molecule has 5 nitrogen and oxygen atoms in total. The molecule has 126 valence electrons. The average Bonchev–Trinajstić information content (AvgIpc) is 3.09. The average molecular weight is 328 g/mol. The van der Waals surface area contributed by atoms with Gasteiger partial charge in [-0.1, -0.05) is 6.42 Å². The van der Waals surface area contributed by atoms with Crippen LogP contribution in [0.15, 0.2) is 39.5 Å². The number of fused-ring (bicyclic) bond motifs is 1. The zero-order valence-corrected chi connectivity index (χ0v) is 14.0. The lowest BCUT2D eigenvalue weighted by molar-refractivity contribution is -0.137. The van der Waals surface area contributed by atoms with Crippen LogP contribution in [0.2, 0.25) is 0 Å². The van der Waals surface area contributed by atoms with Crippen LogP contribution in [0.1, 0.15) is 25.7 Å². The lowest BCUT2D eigenvalue weighted by atomic mass is 10.0. The van der Waals surface area contributed by atoms with Crippen molar-refractivity contribution >= 4 is 23.8 Å². The molecule has 2 fully saturated rings. The molecule has 0 spiro atoms. The fourth-order valence-corrected chi connectivity index (χ4v) is 3.81. The first kappa shape index (κ1) is 22.6. The number of rotatable bonds is 5. The largest absolute Gasteiger partial charge is 0.481 e. The molecule has 0 aromatic rings. The van der Waals surface area contributed by atoms with Crippen molar-refractivity contribution in [2.75, 3.05) is 5.75 Å². The quantitative estimate of drug-likeness (QED) is 0.411. The molecule has 0 unspecified atom stereocenters. The predicted octanol–water partition coefficient (Wildman–Crippen LogP) is 3.20. The summed E-state index contributed by atoms with van der Waals surface area (Å²) in [4.78, 5) is 21.5. The highest BCUT2D eigenvalue weighted by atomic mass is 32.2. The van der Waals surface area contributed by atoms with E-state index in [9.17, 15) is 9.59 Å². The molecule has 3 N–H and O–H groups in total. The lowest BCUT2D eigenvalue weighted by Gasteiger charge is -2.16. The maximum Gasteiger partial charge on any atom is 0.315 e. The summed E-state index contributed by atoms with van der Waals surface area (Å²) in [7, 11) is 0. The molecule has 2 saturated heterocycles. The third kappa shape index (κ3) is 7.93. The highest BCUT2D eigenvalue weighted by Crippen LogP contribution is 2.33. The van der Waals surface area contributed by atoms with Crippen LogP contribution in [0.5, 0.6) is 0 Å². The zero-order chi connectivity index (χ0) is 17.5. The minimum atomic E-state index is -0.729. The number of amides is 2. The SMILES string of the molecule is C=C.C=C.C=C.O=C(O)CCCC[C@@H]1SC[C@@H]2NC(=O)N[C@@H]21. The second-order valence-corrected chi connectivity index (χ2v) is 5.53. The van der Waals surface area contributed by atoms with Crippen molar-refractivity contribution in [3.63, 3.8) is 0 Å². The van der Waals surface area contributed by atoms with Gasteiger partial charge in [0.2, 0.25) is 0 Å². The van der Waals surface area contributed by atoms with Gasteiger partial charge in [-0.3, -0.25) is 4.79 Å². The van der Waals surface area contributed by atoms with Crippen molar-refractivity contribution in [1.29, 1.82) is 0 Å². The van der Waals surface area contributed by atoms with Gasteiger partial charge in [-0.05, 0) is 12.8 Å².